The molecule has 0 radical (unpaired) electrons. The number of carbonyl (C=O) groups is 1. The number of nitrogens with one attached hydrogen (secondary N) is 1. The minimum Gasteiger partial charge on any atom is -0.355 e. The van der Waals surface area contributed by atoms with Gasteiger partial charge in [0.1, 0.15) is 0 Å². The molecule has 1 aromatic carbocycles. The van der Waals surface area contributed by atoms with E-state index in [-0.39, 0.29) is 11.8 Å². The number of sulfonamides is 1. The van der Waals surface area contributed by atoms with Gasteiger partial charge in [-0.05, 0) is 38.1 Å². The lowest BCUT2D eigenvalue weighted by atomic mass is 9.97. The number of hydrogen-bond acceptors (Lipinski definition) is 4. The van der Waals surface area contributed by atoms with Crippen LogP contribution < -0.4 is 5.32 Å². The maximum Gasteiger partial charge on any atom is 0.243 e. The first kappa shape index (κ1) is 19.9. The Balaban J connectivity index is 1.82. The third-order valence-corrected chi connectivity index (χ3v) is 6.74. The van der Waals surface area contributed by atoms with E-state index in [1.807, 2.05) is 0 Å². The summed E-state index contributed by atoms with van der Waals surface area (Å²) in [6, 6.07) is 8.47. The highest BCUT2D eigenvalue weighted by Gasteiger charge is 2.31. The summed E-state index contributed by atoms with van der Waals surface area (Å²) in [5.41, 5.74) is 0. The zero-order valence-electron chi connectivity index (χ0n) is 15.1. The Morgan fingerprint density at radius 2 is 1.76 bits per heavy atom. The summed E-state index contributed by atoms with van der Waals surface area (Å²) in [5.74, 6) is -0.0529. The van der Waals surface area contributed by atoms with E-state index in [1.54, 1.807) is 30.3 Å². The van der Waals surface area contributed by atoms with E-state index in [4.69, 9.17) is 0 Å². The van der Waals surface area contributed by atoms with Gasteiger partial charge in [-0.1, -0.05) is 32.0 Å². The van der Waals surface area contributed by atoms with Gasteiger partial charge in [0.25, 0.3) is 0 Å². The van der Waals surface area contributed by atoms with E-state index < -0.39 is 10.0 Å². The van der Waals surface area contributed by atoms with Crippen molar-refractivity contribution < 1.29 is 13.2 Å². The average molecular weight is 368 g/mol. The number of benzene rings is 1. The molecule has 0 aromatic heterocycles. The van der Waals surface area contributed by atoms with Crippen LogP contribution in [0.25, 0.3) is 0 Å². The number of rotatable bonds is 8. The van der Waals surface area contributed by atoms with Gasteiger partial charge in [0.15, 0.2) is 0 Å². The molecule has 7 heteroatoms. The molecule has 0 aliphatic carbocycles. The summed E-state index contributed by atoms with van der Waals surface area (Å²) in [6.45, 7) is 8.44. The lowest BCUT2D eigenvalue weighted by Crippen LogP contribution is -2.44. The van der Waals surface area contributed by atoms with Gasteiger partial charge in [-0.2, -0.15) is 4.31 Å². The molecule has 1 aliphatic heterocycles. The quantitative estimate of drug-likeness (QED) is 0.757. The molecular formula is C18H29N3O3S. The zero-order chi connectivity index (χ0) is 18.3. The Morgan fingerprint density at radius 3 is 2.32 bits per heavy atom. The van der Waals surface area contributed by atoms with Crippen molar-refractivity contribution in [1.82, 2.24) is 14.5 Å². The van der Waals surface area contributed by atoms with Crippen LogP contribution >= 0.6 is 0 Å². The number of likely N-dealkylation sites (N-methyl/N-ethyl adjacent to an activating group) is 1. The Morgan fingerprint density at radius 1 is 1.16 bits per heavy atom. The molecular weight excluding hydrogens is 338 g/mol. The van der Waals surface area contributed by atoms with Crippen molar-refractivity contribution in [2.75, 3.05) is 39.3 Å². The lowest BCUT2D eigenvalue weighted by Gasteiger charge is -2.30. The highest BCUT2D eigenvalue weighted by atomic mass is 32.2. The predicted octanol–water partition coefficient (Wildman–Crippen LogP) is 1.55. The molecule has 1 aromatic rings. The van der Waals surface area contributed by atoms with Gasteiger partial charge >= 0.3 is 0 Å². The van der Waals surface area contributed by atoms with E-state index in [2.05, 4.69) is 24.1 Å². The van der Waals surface area contributed by atoms with Crippen LogP contribution in [-0.2, 0) is 14.8 Å². The standard InChI is InChI=1S/C18H29N3O3S/c1-3-20(4-2)15-12-19-18(22)16-10-13-21(14-11-16)25(23,24)17-8-6-5-7-9-17/h5-9,16H,3-4,10-15H2,1-2H3,(H,19,22). The van der Waals surface area contributed by atoms with Crippen LogP contribution in [0.1, 0.15) is 26.7 Å². The number of hydrogen-bond donors (Lipinski definition) is 1. The monoisotopic (exact) mass is 367 g/mol. The molecule has 1 aliphatic rings. The Labute approximate surface area is 151 Å². The van der Waals surface area contributed by atoms with E-state index in [0.29, 0.717) is 37.4 Å². The van der Waals surface area contributed by atoms with E-state index >= 15 is 0 Å². The summed E-state index contributed by atoms with van der Waals surface area (Å²) in [5, 5.41) is 2.99. The Kier molecular flexibility index (Phi) is 7.40. The first-order valence-corrected chi connectivity index (χ1v) is 10.5. The second-order valence-electron chi connectivity index (χ2n) is 6.31. The number of carbonyl (C=O) groups excluding carboxylic acids is 1. The normalized spacial score (nSPS) is 16.9. The second-order valence-corrected chi connectivity index (χ2v) is 8.25. The van der Waals surface area contributed by atoms with Crippen LogP contribution in [0.4, 0.5) is 0 Å². The van der Waals surface area contributed by atoms with Gasteiger partial charge in [0.2, 0.25) is 15.9 Å². The Hall–Kier alpha value is -1.44. The largest absolute Gasteiger partial charge is 0.355 e. The maximum atomic E-state index is 12.6. The fraction of sp³-hybridized carbons (Fsp3) is 0.611. The van der Waals surface area contributed by atoms with Crippen molar-refractivity contribution in [1.29, 1.82) is 0 Å². The SMILES string of the molecule is CCN(CC)CCNC(=O)C1CCN(S(=O)(=O)c2ccccc2)CC1. The van der Waals surface area contributed by atoms with Gasteiger partial charge < -0.3 is 10.2 Å². The third-order valence-electron chi connectivity index (χ3n) is 4.83. The van der Waals surface area contributed by atoms with Crippen molar-refractivity contribution >= 4 is 15.9 Å². The first-order valence-electron chi connectivity index (χ1n) is 9.04. The van der Waals surface area contributed by atoms with Crippen LogP contribution in [0.5, 0.6) is 0 Å². The van der Waals surface area contributed by atoms with Crippen molar-refractivity contribution in [2.24, 2.45) is 5.92 Å². The summed E-state index contributed by atoms with van der Waals surface area (Å²) in [4.78, 5) is 14.9. The summed E-state index contributed by atoms with van der Waals surface area (Å²) >= 11 is 0. The molecule has 0 bridgehead atoms. The van der Waals surface area contributed by atoms with Gasteiger partial charge in [-0.25, -0.2) is 8.42 Å². The van der Waals surface area contributed by atoms with Crippen molar-refractivity contribution in [3.63, 3.8) is 0 Å². The van der Waals surface area contributed by atoms with Crippen LogP contribution in [0.2, 0.25) is 0 Å². The number of amides is 1. The van der Waals surface area contributed by atoms with Crippen molar-refractivity contribution in [3.8, 4) is 0 Å². The van der Waals surface area contributed by atoms with Gasteiger partial charge in [0.05, 0.1) is 4.90 Å². The fourth-order valence-corrected chi connectivity index (χ4v) is 4.61. The highest BCUT2D eigenvalue weighted by Crippen LogP contribution is 2.23. The van der Waals surface area contributed by atoms with E-state index in [9.17, 15) is 13.2 Å². The van der Waals surface area contributed by atoms with Crippen LogP contribution in [0, 0.1) is 5.92 Å². The number of nitrogens with zero attached hydrogens (tertiary/aromatic N) is 2. The molecule has 0 unspecified atom stereocenters. The first-order chi connectivity index (χ1) is 12.0. The molecule has 1 N–H and O–H groups in total. The molecule has 0 saturated carbocycles. The zero-order valence-corrected chi connectivity index (χ0v) is 16.0. The molecule has 1 amide bonds. The fourth-order valence-electron chi connectivity index (χ4n) is 3.12. The van der Waals surface area contributed by atoms with Gasteiger partial charge in [-0.15, -0.1) is 0 Å². The highest BCUT2D eigenvalue weighted by molar-refractivity contribution is 7.89. The molecule has 0 atom stereocenters. The van der Waals surface area contributed by atoms with Gasteiger partial charge in [0, 0.05) is 32.1 Å². The molecule has 140 valence electrons. The summed E-state index contributed by atoms with van der Waals surface area (Å²) < 4.78 is 26.7. The molecule has 1 fully saturated rings. The number of piperidine rings is 1. The summed E-state index contributed by atoms with van der Waals surface area (Å²) in [6.07, 6.45) is 1.15. The lowest BCUT2D eigenvalue weighted by molar-refractivity contribution is -0.126. The average Bonchev–Trinajstić information content (AvgIpc) is 2.66. The second kappa shape index (κ2) is 9.31. The topological polar surface area (TPSA) is 69.7 Å². The van der Waals surface area contributed by atoms with Crippen LogP contribution in [0.15, 0.2) is 35.2 Å². The minimum atomic E-state index is -3.45. The molecule has 2 rings (SSSR count). The van der Waals surface area contributed by atoms with Crippen LogP contribution in [-0.4, -0.2) is 62.8 Å². The van der Waals surface area contributed by atoms with E-state index in [1.165, 1.54) is 4.31 Å². The smallest absolute Gasteiger partial charge is 0.243 e. The Bertz CT molecular complexity index is 637. The molecule has 1 heterocycles. The van der Waals surface area contributed by atoms with Crippen molar-refractivity contribution in [2.45, 2.75) is 31.6 Å². The maximum absolute atomic E-state index is 12.6. The van der Waals surface area contributed by atoms with Gasteiger partial charge in [-0.3, -0.25) is 4.79 Å². The molecule has 1 saturated heterocycles. The van der Waals surface area contributed by atoms with Crippen LogP contribution in [0.3, 0.4) is 0 Å². The molecule has 0 spiro atoms. The van der Waals surface area contributed by atoms with Crippen molar-refractivity contribution in [3.05, 3.63) is 30.3 Å². The predicted molar refractivity (Wildman–Crippen MR) is 98.7 cm³/mol. The minimum absolute atomic E-state index is 0.0453. The van der Waals surface area contributed by atoms with E-state index in [0.717, 1.165) is 19.6 Å². The molecule has 6 nitrogen and oxygen atoms in total. The molecule has 25 heavy (non-hydrogen) atoms. The third kappa shape index (κ3) is 5.26. The summed E-state index contributed by atoms with van der Waals surface area (Å²) in [7, 11) is -3.45.